The molecule has 2 N–H and O–H groups in total. The molecular weight excluding hydrogens is 368 g/mol. The van der Waals surface area contributed by atoms with Gasteiger partial charge in [-0.2, -0.15) is 0 Å². The molecule has 0 saturated heterocycles. The summed E-state index contributed by atoms with van der Waals surface area (Å²) in [5.74, 6) is 6.51. The van der Waals surface area contributed by atoms with Gasteiger partial charge in [0.1, 0.15) is 5.82 Å². The number of rotatable bonds is 7. The number of nitrogens with zero attached hydrogens (tertiary/aromatic N) is 5. The third-order valence-corrected chi connectivity index (χ3v) is 5.36. The highest BCUT2D eigenvalue weighted by Gasteiger charge is 2.20. The lowest BCUT2D eigenvalue weighted by Crippen LogP contribution is -2.32. The van der Waals surface area contributed by atoms with Crippen LogP contribution < -0.4 is 10.7 Å². The van der Waals surface area contributed by atoms with E-state index < -0.39 is 0 Å². The van der Waals surface area contributed by atoms with Crippen LogP contribution in [0.15, 0.2) is 53.5 Å². The van der Waals surface area contributed by atoms with Crippen LogP contribution in [0.4, 0.5) is 5.13 Å². The van der Waals surface area contributed by atoms with Gasteiger partial charge in [0.25, 0.3) is 0 Å². The summed E-state index contributed by atoms with van der Waals surface area (Å²) in [5.41, 5.74) is 1.86. The maximum absolute atomic E-state index is 12.7. The number of aromatic nitrogens is 4. The third kappa shape index (κ3) is 3.94. The fourth-order valence-electron chi connectivity index (χ4n) is 2.20. The van der Waals surface area contributed by atoms with E-state index in [2.05, 4.69) is 21.8 Å². The van der Waals surface area contributed by atoms with Gasteiger partial charge < -0.3 is 5.84 Å². The number of anilines is 1. The normalized spacial score (nSPS) is 10.7. The first kappa shape index (κ1) is 18.2. The smallest absolute Gasteiger partial charge is 0.239 e. The molecule has 134 valence electrons. The van der Waals surface area contributed by atoms with Crippen LogP contribution in [0.2, 0.25) is 0 Å². The molecule has 0 aliphatic carbocycles. The highest BCUT2D eigenvalue weighted by Crippen LogP contribution is 2.28. The second kappa shape index (κ2) is 8.15. The maximum atomic E-state index is 12.7. The van der Waals surface area contributed by atoms with Crippen LogP contribution in [0.3, 0.4) is 0 Å². The van der Waals surface area contributed by atoms with Gasteiger partial charge in [-0.15, -0.1) is 28.1 Å². The van der Waals surface area contributed by atoms with Gasteiger partial charge in [0.05, 0.1) is 11.4 Å². The molecule has 0 radical (unpaired) electrons. The van der Waals surface area contributed by atoms with Gasteiger partial charge in [-0.25, -0.2) is 9.66 Å². The molecule has 0 aliphatic heterocycles. The molecule has 0 atom stereocenters. The second-order valence-electron chi connectivity index (χ2n) is 5.36. The maximum Gasteiger partial charge on any atom is 0.239 e. The summed E-state index contributed by atoms with van der Waals surface area (Å²) in [6, 6.07) is 9.86. The first-order chi connectivity index (χ1) is 12.6. The van der Waals surface area contributed by atoms with Crippen molar-refractivity contribution in [3.8, 4) is 11.3 Å². The van der Waals surface area contributed by atoms with Crippen molar-refractivity contribution >= 4 is 34.1 Å². The number of amides is 1. The van der Waals surface area contributed by atoms with Crippen LogP contribution in [-0.4, -0.2) is 38.1 Å². The van der Waals surface area contributed by atoms with Crippen molar-refractivity contribution < 1.29 is 4.79 Å². The zero-order valence-corrected chi connectivity index (χ0v) is 15.8. The number of carbonyl (C=O) groups excluding carboxylic acids is 1. The second-order valence-corrected chi connectivity index (χ2v) is 7.14. The van der Waals surface area contributed by atoms with Crippen LogP contribution in [0.5, 0.6) is 0 Å². The van der Waals surface area contributed by atoms with E-state index in [1.54, 1.807) is 17.9 Å². The van der Waals surface area contributed by atoms with Crippen molar-refractivity contribution in [2.75, 3.05) is 23.0 Å². The van der Waals surface area contributed by atoms with E-state index in [0.29, 0.717) is 22.7 Å². The van der Waals surface area contributed by atoms with Gasteiger partial charge in [-0.1, -0.05) is 48.2 Å². The number of thioether (sulfide) groups is 1. The quantitative estimate of drug-likeness (QED) is 0.381. The molecule has 0 unspecified atom stereocenters. The number of nitrogens with two attached hydrogens (primary N) is 1. The summed E-state index contributed by atoms with van der Waals surface area (Å²) >= 11 is 2.67. The number of hydrogen-bond donors (Lipinski definition) is 1. The van der Waals surface area contributed by atoms with Gasteiger partial charge in [-0.05, 0) is 6.92 Å². The Labute approximate surface area is 159 Å². The molecule has 0 saturated carbocycles. The molecule has 2 heterocycles. The Morgan fingerprint density at radius 1 is 1.38 bits per heavy atom. The minimum atomic E-state index is -0.0930. The zero-order chi connectivity index (χ0) is 18.5. The van der Waals surface area contributed by atoms with E-state index in [1.165, 1.54) is 27.8 Å². The first-order valence-corrected chi connectivity index (χ1v) is 9.68. The van der Waals surface area contributed by atoms with Crippen molar-refractivity contribution in [3.05, 3.63) is 54.2 Å². The fourth-order valence-corrected chi connectivity index (χ4v) is 3.84. The SMILES string of the molecule is C=CCN(C(=O)CSc1nnc(C)n1N)c1nc(-c2ccccc2)cs1. The molecule has 1 aromatic carbocycles. The molecule has 2 aromatic heterocycles. The number of hydrogen-bond acceptors (Lipinski definition) is 7. The Morgan fingerprint density at radius 3 is 2.81 bits per heavy atom. The highest BCUT2D eigenvalue weighted by molar-refractivity contribution is 7.99. The summed E-state index contributed by atoms with van der Waals surface area (Å²) in [6.45, 7) is 5.88. The Kier molecular flexibility index (Phi) is 5.69. The van der Waals surface area contributed by atoms with E-state index in [0.717, 1.165) is 11.3 Å². The van der Waals surface area contributed by atoms with Crippen LogP contribution in [0.25, 0.3) is 11.3 Å². The third-order valence-electron chi connectivity index (χ3n) is 3.56. The summed E-state index contributed by atoms with van der Waals surface area (Å²) in [7, 11) is 0. The summed E-state index contributed by atoms with van der Waals surface area (Å²) in [4.78, 5) is 18.9. The van der Waals surface area contributed by atoms with Gasteiger partial charge >= 0.3 is 0 Å². The molecule has 7 nitrogen and oxygen atoms in total. The van der Waals surface area contributed by atoms with Crippen molar-refractivity contribution in [2.45, 2.75) is 12.1 Å². The van der Waals surface area contributed by atoms with Crippen molar-refractivity contribution in [1.29, 1.82) is 0 Å². The van der Waals surface area contributed by atoms with E-state index in [-0.39, 0.29) is 11.7 Å². The topological polar surface area (TPSA) is 89.9 Å². The molecule has 0 spiro atoms. The average Bonchev–Trinajstić information content (AvgIpc) is 3.27. The van der Waals surface area contributed by atoms with Gasteiger partial charge in [-0.3, -0.25) is 9.69 Å². The Hall–Kier alpha value is -2.65. The molecular formula is C17H18N6OS2. The molecule has 3 rings (SSSR count). The standard InChI is InChI=1S/C17H18N6OS2/c1-3-9-22(15(24)11-26-17-21-20-12(2)23(17)18)16-19-14(10-25-16)13-7-5-4-6-8-13/h3-8,10H,1,9,11,18H2,2H3. The Bertz CT molecular complexity index is 905. The van der Waals surface area contributed by atoms with E-state index in [1.807, 2.05) is 35.7 Å². The zero-order valence-electron chi connectivity index (χ0n) is 14.2. The summed E-state index contributed by atoms with van der Waals surface area (Å²) < 4.78 is 1.37. The largest absolute Gasteiger partial charge is 0.336 e. The fraction of sp³-hybridized carbons (Fsp3) is 0.176. The van der Waals surface area contributed by atoms with Crippen LogP contribution in [0.1, 0.15) is 5.82 Å². The summed E-state index contributed by atoms with van der Waals surface area (Å²) in [5, 5.41) is 10.9. The van der Waals surface area contributed by atoms with E-state index in [4.69, 9.17) is 5.84 Å². The average molecular weight is 387 g/mol. The van der Waals surface area contributed by atoms with Crippen molar-refractivity contribution in [3.63, 3.8) is 0 Å². The molecule has 9 heteroatoms. The summed E-state index contributed by atoms with van der Waals surface area (Å²) in [6.07, 6.45) is 1.68. The predicted octanol–water partition coefficient (Wildman–Crippen LogP) is 2.74. The van der Waals surface area contributed by atoms with Gasteiger partial charge in [0.15, 0.2) is 5.13 Å². The lowest BCUT2D eigenvalue weighted by Gasteiger charge is -2.17. The number of thiazole rings is 1. The van der Waals surface area contributed by atoms with Crippen molar-refractivity contribution in [1.82, 2.24) is 19.9 Å². The molecule has 26 heavy (non-hydrogen) atoms. The van der Waals surface area contributed by atoms with Crippen molar-refractivity contribution in [2.24, 2.45) is 0 Å². The molecule has 1 amide bonds. The lowest BCUT2D eigenvalue weighted by molar-refractivity contribution is -0.116. The highest BCUT2D eigenvalue weighted by atomic mass is 32.2. The number of benzene rings is 1. The monoisotopic (exact) mass is 386 g/mol. The number of carbonyl (C=O) groups is 1. The molecule has 3 aromatic rings. The van der Waals surface area contributed by atoms with Gasteiger partial charge in [0.2, 0.25) is 11.1 Å². The minimum Gasteiger partial charge on any atom is -0.336 e. The van der Waals surface area contributed by atoms with E-state index in [9.17, 15) is 4.79 Å². The Morgan fingerprint density at radius 2 is 2.15 bits per heavy atom. The molecule has 0 fully saturated rings. The number of nitrogen functional groups attached to an aromatic ring is 1. The molecule has 0 aliphatic rings. The Balaban J connectivity index is 1.74. The van der Waals surface area contributed by atoms with Crippen LogP contribution in [0, 0.1) is 6.92 Å². The van der Waals surface area contributed by atoms with E-state index >= 15 is 0 Å². The first-order valence-electron chi connectivity index (χ1n) is 7.82. The number of aryl methyl sites for hydroxylation is 1. The minimum absolute atomic E-state index is 0.0930. The molecule has 0 bridgehead atoms. The predicted molar refractivity (Wildman–Crippen MR) is 106 cm³/mol. The van der Waals surface area contributed by atoms with Gasteiger partial charge in [0, 0.05) is 17.5 Å². The van der Waals surface area contributed by atoms with Crippen LogP contribution >= 0.6 is 23.1 Å². The van der Waals surface area contributed by atoms with Crippen LogP contribution in [-0.2, 0) is 4.79 Å². The lowest BCUT2D eigenvalue weighted by atomic mass is 10.2.